The molecule has 2 rings (SSSR count). The number of amides is 1. The van der Waals surface area contributed by atoms with Crippen molar-refractivity contribution in [2.45, 2.75) is 58.4 Å². The molecule has 1 aliphatic rings. The third kappa shape index (κ3) is 8.70. The smallest absolute Gasteiger partial charge is 0.220 e. The molecule has 0 saturated heterocycles. The highest BCUT2D eigenvalue weighted by molar-refractivity contribution is 14.0. The second-order valence-electron chi connectivity index (χ2n) is 6.97. The number of nitrogens with one attached hydrogen (secondary N) is 3. The van der Waals surface area contributed by atoms with E-state index >= 15 is 0 Å². The first-order valence-corrected chi connectivity index (χ1v) is 10.2. The van der Waals surface area contributed by atoms with E-state index in [2.05, 4.69) is 46.9 Å². The van der Waals surface area contributed by atoms with E-state index in [0.29, 0.717) is 31.5 Å². The third-order valence-corrected chi connectivity index (χ3v) is 5.62. The van der Waals surface area contributed by atoms with Crippen LogP contribution in [0.2, 0.25) is 0 Å². The van der Waals surface area contributed by atoms with Gasteiger partial charge >= 0.3 is 0 Å². The van der Waals surface area contributed by atoms with Crippen LogP contribution in [0.15, 0.2) is 17.1 Å². The lowest BCUT2D eigenvalue weighted by molar-refractivity contribution is -0.121. The number of aliphatic imine (C=N–C) groups is 1. The summed E-state index contributed by atoms with van der Waals surface area (Å²) >= 11 is 1.84. The Hall–Kier alpha value is -0.830. The Morgan fingerprint density at radius 3 is 2.58 bits per heavy atom. The summed E-state index contributed by atoms with van der Waals surface area (Å²) in [6.07, 6.45) is 6.66. The number of carbonyl (C=O) groups is 1. The van der Waals surface area contributed by atoms with E-state index in [1.807, 2.05) is 11.3 Å². The molecule has 3 N–H and O–H groups in total. The Bertz CT molecular complexity index is 570. The largest absolute Gasteiger partial charge is 0.355 e. The van der Waals surface area contributed by atoms with Crippen LogP contribution in [0.3, 0.4) is 0 Å². The lowest BCUT2D eigenvalue weighted by Crippen LogP contribution is -2.45. The van der Waals surface area contributed by atoms with E-state index in [-0.39, 0.29) is 29.9 Å². The fraction of sp³-hybridized carbons (Fsp3) is 0.684. The van der Waals surface area contributed by atoms with Gasteiger partial charge in [-0.1, -0.05) is 12.8 Å². The van der Waals surface area contributed by atoms with Crippen LogP contribution in [0, 0.1) is 12.8 Å². The minimum atomic E-state index is 0. The molecule has 7 heteroatoms. The molecule has 1 saturated carbocycles. The Morgan fingerprint density at radius 2 is 1.96 bits per heavy atom. The van der Waals surface area contributed by atoms with Crippen LogP contribution < -0.4 is 16.0 Å². The van der Waals surface area contributed by atoms with Crippen molar-refractivity contribution < 1.29 is 4.79 Å². The Morgan fingerprint density at radius 1 is 1.27 bits per heavy atom. The number of hydrogen-bond donors (Lipinski definition) is 3. The van der Waals surface area contributed by atoms with Gasteiger partial charge in [0, 0.05) is 48.8 Å². The molecule has 5 nitrogen and oxygen atoms in total. The molecule has 1 unspecified atom stereocenters. The maximum atomic E-state index is 11.9. The number of guanidine groups is 1. The third-order valence-electron chi connectivity index (χ3n) is 4.60. The summed E-state index contributed by atoms with van der Waals surface area (Å²) in [5.74, 6) is 1.56. The number of thiophene rings is 1. The van der Waals surface area contributed by atoms with Crippen molar-refractivity contribution in [2.24, 2.45) is 10.9 Å². The topological polar surface area (TPSA) is 65.5 Å². The maximum absolute atomic E-state index is 11.9. The van der Waals surface area contributed by atoms with Crippen LogP contribution in [-0.4, -0.2) is 38.0 Å². The molecule has 0 bridgehead atoms. The van der Waals surface area contributed by atoms with Crippen molar-refractivity contribution in [3.63, 3.8) is 0 Å². The summed E-state index contributed by atoms with van der Waals surface area (Å²) in [4.78, 5) is 18.9. The number of halogens is 1. The Balaban J connectivity index is 0.00000338. The van der Waals surface area contributed by atoms with Gasteiger partial charge in [0.05, 0.1) is 0 Å². The van der Waals surface area contributed by atoms with Crippen LogP contribution in [0.5, 0.6) is 0 Å². The molecule has 1 atom stereocenters. The summed E-state index contributed by atoms with van der Waals surface area (Å²) in [7, 11) is 1.77. The molecule has 26 heavy (non-hydrogen) atoms. The van der Waals surface area contributed by atoms with Gasteiger partial charge in [-0.2, -0.15) is 0 Å². The van der Waals surface area contributed by atoms with E-state index in [9.17, 15) is 4.79 Å². The molecule has 1 amide bonds. The van der Waals surface area contributed by atoms with Gasteiger partial charge in [0.2, 0.25) is 5.91 Å². The Kier molecular flexibility index (Phi) is 11.2. The molecule has 0 radical (unpaired) electrons. The zero-order valence-electron chi connectivity index (χ0n) is 16.1. The maximum Gasteiger partial charge on any atom is 0.220 e. The van der Waals surface area contributed by atoms with Crippen LogP contribution in [0.25, 0.3) is 0 Å². The molecular formula is C19H33IN4OS. The molecule has 1 aromatic heterocycles. The van der Waals surface area contributed by atoms with Gasteiger partial charge in [-0.3, -0.25) is 9.79 Å². The molecule has 0 aromatic carbocycles. The van der Waals surface area contributed by atoms with Crippen molar-refractivity contribution >= 4 is 47.2 Å². The molecule has 1 heterocycles. The summed E-state index contributed by atoms with van der Waals surface area (Å²) in [5.41, 5.74) is 0. The fourth-order valence-corrected chi connectivity index (χ4v) is 4.33. The second-order valence-corrected chi connectivity index (χ2v) is 8.34. The van der Waals surface area contributed by atoms with Gasteiger partial charge in [0.15, 0.2) is 5.96 Å². The number of rotatable bonds is 8. The van der Waals surface area contributed by atoms with Gasteiger partial charge in [0.1, 0.15) is 0 Å². The van der Waals surface area contributed by atoms with Crippen LogP contribution in [-0.2, 0) is 11.2 Å². The van der Waals surface area contributed by atoms with Crippen molar-refractivity contribution in [3.8, 4) is 0 Å². The predicted molar refractivity (Wildman–Crippen MR) is 122 cm³/mol. The van der Waals surface area contributed by atoms with E-state index in [1.165, 1.54) is 35.4 Å². The summed E-state index contributed by atoms with van der Waals surface area (Å²) in [6.45, 7) is 5.60. The highest BCUT2D eigenvalue weighted by Crippen LogP contribution is 2.27. The number of aryl methyl sites for hydroxylation is 1. The summed E-state index contributed by atoms with van der Waals surface area (Å²) < 4.78 is 0. The SMILES string of the molecule is CN=C(NCCNC(=O)CC1CCCC1)NC(C)Cc1ccc(C)s1.I. The molecule has 148 valence electrons. The van der Waals surface area contributed by atoms with Crippen molar-refractivity contribution in [1.29, 1.82) is 0 Å². The standard InChI is InChI=1S/C19H32N4OS.HI/c1-14(12-17-9-8-15(2)25-17)23-19(20-3)22-11-10-21-18(24)13-16-6-4-5-7-16;/h8-9,14,16H,4-7,10-13H2,1-3H3,(H,21,24)(H2,20,22,23);1H. The number of hydrogen-bond acceptors (Lipinski definition) is 3. The highest BCUT2D eigenvalue weighted by atomic mass is 127. The first kappa shape index (κ1) is 23.2. The minimum Gasteiger partial charge on any atom is -0.355 e. The zero-order chi connectivity index (χ0) is 18.1. The average Bonchev–Trinajstić information content (AvgIpc) is 3.22. The first-order chi connectivity index (χ1) is 12.1. The van der Waals surface area contributed by atoms with E-state index < -0.39 is 0 Å². The average molecular weight is 492 g/mol. The molecule has 1 fully saturated rings. The summed E-state index contributed by atoms with van der Waals surface area (Å²) in [5, 5.41) is 9.67. The zero-order valence-corrected chi connectivity index (χ0v) is 19.3. The molecular weight excluding hydrogens is 459 g/mol. The normalized spacial score (nSPS) is 16.0. The van der Waals surface area contributed by atoms with Gasteiger partial charge in [-0.25, -0.2) is 0 Å². The van der Waals surface area contributed by atoms with Crippen LogP contribution >= 0.6 is 35.3 Å². The van der Waals surface area contributed by atoms with Gasteiger partial charge in [-0.15, -0.1) is 35.3 Å². The highest BCUT2D eigenvalue weighted by Gasteiger charge is 2.18. The second kappa shape index (κ2) is 12.5. The van der Waals surface area contributed by atoms with Gasteiger partial charge < -0.3 is 16.0 Å². The van der Waals surface area contributed by atoms with Crippen LogP contribution in [0.4, 0.5) is 0 Å². The number of carbonyl (C=O) groups excluding carboxylic acids is 1. The minimum absolute atomic E-state index is 0. The molecule has 0 aliphatic heterocycles. The number of nitrogens with zero attached hydrogens (tertiary/aromatic N) is 1. The quantitative estimate of drug-likeness (QED) is 0.225. The molecule has 0 spiro atoms. The predicted octanol–water partition coefficient (Wildman–Crippen LogP) is 3.47. The van der Waals surface area contributed by atoms with Gasteiger partial charge in [0.25, 0.3) is 0 Å². The van der Waals surface area contributed by atoms with E-state index in [4.69, 9.17) is 0 Å². The molecule has 1 aromatic rings. The lowest BCUT2D eigenvalue weighted by Gasteiger charge is -2.17. The fourth-order valence-electron chi connectivity index (χ4n) is 3.31. The van der Waals surface area contributed by atoms with Crippen molar-refractivity contribution in [3.05, 3.63) is 21.9 Å². The van der Waals surface area contributed by atoms with Gasteiger partial charge in [-0.05, 0) is 44.7 Å². The summed E-state index contributed by atoms with van der Waals surface area (Å²) in [6, 6.07) is 4.66. The van der Waals surface area contributed by atoms with Crippen molar-refractivity contribution in [2.75, 3.05) is 20.1 Å². The van der Waals surface area contributed by atoms with Crippen molar-refractivity contribution in [1.82, 2.24) is 16.0 Å². The monoisotopic (exact) mass is 492 g/mol. The van der Waals surface area contributed by atoms with E-state index in [1.54, 1.807) is 7.05 Å². The first-order valence-electron chi connectivity index (χ1n) is 9.36. The van der Waals surface area contributed by atoms with E-state index in [0.717, 1.165) is 12.4 Å². The Labute approximate surface area is 178 Å². The molecule has 1 aliphatic carbocycles. The van der Waals surface area contributed by atoms with Crippen LogP contribution in [0.1, 0.15) is 48.8 Å². The lowest BCUT2D eigenvalue weighted by atomic mass is 10.0.